The average molecular weight is 1220 g/mol. The van der Waals surface area contributed by atoms with E-state index in [-0.39, 0.29) is 69.5 Å². The summed E-state index contributed by atoms with van der Waals surface area (Å²) in [7, 11) is 1.37. The second kappa shape index (κ2) is 30.7. The summed E-state index contributed by atoms with van der Waals surface area (Å²) in [4.78, 5) is 164. The van der Waals surface area contributed by atoms with Gasteiger partial charge in [-0.2, -0.15) is 0 Å². The van der Waals surface area contributed by atoms with Gasteiger partial charge in [-0.3, -0.25) is 52.7 Å². The third kappa shape index (κ3) is 17.5. The van der Waals surface area contributed by atoms with E-state index in [2.05, 4.69) is 42.2 Å². The largest absolute Gasteiger partial charge is 0.508 e. The van der Waals surface area contributed by atoms with E-state index in [1.807, 2.05) is 25.1 Å². The number of hydrogen-bond acceptors (Lipinski definition) is 13. The summed E-state index contributed by atoms with van der Waals surface area (Å²) in [5.74, 6) is -9.73. The number of nitrogens with one attached hydrogen (secondary N) is 8. The lowest BCUT2D eigenvalue weighted by Crippen LogP contribution is -2.60. The van der Waals surface area contributed by atoms with E-state index in [0.29, 0.717) is 47.9 Å². The molecule has 10 amide bonds. The Morgan fingerprint density at radius 3 is 1.70 bits per heavy atom. The normalized spacial score (nSPS) is 23.5. The number of carboxylic acid groups (broad SMARTS) is 1. The number of hydrogen-bond donors (Lipinski definition) is 11. The highest BCUT2D eigenvalue weighted by Gasteiger charge is 2.45. The van der Waals surface area contributed by atoms with Gasteiger partial charge in [0, 0.05) is 62.9 Å². The predicted octanol–water partition coefficient (Wildman–Crippen LogP) is 1.38. The Bertz CT molecular complexity index is 3380. The van der Waals surface area contributed by atoms with E-state index in [0.717, 1.165) is 22.2 Å². The fourth-order valence-electron chi connectivity index (χ4n) is 11.6. The molecule has 3 saturated heterocycles. The monoisotopic (exact) mass is 1220 g/mol. The summed E-state index contributed by atoms with van der Waals surface area (Å²) < 4.78 is 0. The van der Waals surface area contributed by atoms with Crippen LogP contribution in [0.25, 0.3) is 10.9 Å². The quantitative estimate of drug-likeness (QED) is 0.0701. The number of para-hydroxylation sites is 1. The zero-order valence-corrected chi connectivity index (χ0v) is 49.7. The Balaban J connectivity index is 1.15. The molecule has 4 heterocycles. The molecule has 0 spiro atoms. The molecule has 4 aromatic carbocycles. The van der Waals surface area contributed by atoms with Crippen LogP contribution in [-0.4, -0.2) is 182 Å². The number of aliphatic carboxylic acids is 1. The number of H-pyrrole nitrogens is 1. The molecule has 8 atom stereocenters. The van der Waals surface area contributed by atoms with Crippen molar-refractivity contribution in [3.05, 3.63) is 132 Å². The number of likely N-dealkylation sites (N-methyl/N-ethyl adjacent to an activating group) is 1. The lowest BCUT2D eigenvalue weighted by Gasteiger charge is -2.33. The van der Waals surface area contributed by atoms with Crippen LogP contribution in [0, 0.1) is 0 Å². The molecule has 3 aliphatic heterocycles. The minimum absolute atomic E-state index is 0.0125. The van der Waals surface area contributed by atoms with Gasteiger partial charge in [0.15, 0.2) is 0 Å². The van der Waals surface area contributed by atoms with Gasteiger partial charge < -0.3 is 72.2 Å². The Hall–Kier alpha value is -9.81. The summed E-state index contributed by atoms with van der Waals surface area (Å²) in [6.07, 6.45) is 2.99. The van der Waals surface area contributed by atoms with Crippen LogP contribution in [0.5, 0.6) is 11.5 Å². The van der Waals surface area contributed by atoms with Crippen LogP contribution < -0.4 is 37.2 Å². The van der Waals surface area contributed by atoms with Gasteiger partial charge in [-0.15, -0.1) is 0 Å². The van der Waals surface area contributed by atoms with Crippen molar-refractivity contribution in [3.63, 3.8) is 0 Å². The number of amides is 10. The Kier molecular flexibility index (Phi) is 22.5. The molecule has 8 rings (SSSR count). The number of unbranched alkanes of at least 4 members (excludes halogenated alkanes) is 2. The van der Waals surface area contributed by atoms with Crippen molar-refractivity contribution in [2.45, 2.75) is 139 Å². The SMILES string of the molecule is CCCCC[C@@H]1NC(=O)[C@H](Cc2ccc(O)cc2)NC(=O)[C@H](Cc2ccccc2)N(C)C(=O)CNC(=O)[C@@H]2CCCN2C(=O)[C@H]2CCCN2C(=O)[C@H](CC(=O)O)NC(=O)[C@H](Cc2ccc(O)cc2)NC(=O)CNC(=O)[C@H](Cc2c[nH]c3ccccc23)NC1=O. The maximum Gasteiger partial charge on any atom is 0.305 e. The van der Waals surface area contributed by atoms with E-state index < -0.39 is 133 Å². The number of carbonyl (C=O) groups is 11. The fourth-order valence-corrected chi connectivity index (χ4v) is 11.6. The van der Waals surface area contributed by atoms with Gasteiger partial charge in [0.25, 0.3) is 0 Å². The zero-order valence-electron chi connectivity index (χ0n) is 49.7. The Labute approximate surface area is 514 Å². The molecule has 11 N–H and O–H groups in total. The first-order chi connectivity index (χ1) is 42.8. The zero-order chi connectivity index (χ0) is 63.7. The number of carbonyl (C=O) groups excluding carboxylic acids is 10. The van der Waals surface area contributed by atoms with Crippen LogP contribution in [0.1, 0.15) is 87.0 Å². The van der Waals surface area contributed by atoms with Gasteiger partial charge >= 0.3 is 5.97 Å². The molecule has 472 valence electrons. The van der Waals surface area contributed by atoms with Crippen molar-refractivity contribution in [1.82, 2.24) is 56.9 Å². The highest BCUT2D eigenvalue weighted by atomic mass is 16.4. The second-order valence-corrected chi connectivity index (χ2v) is 22.8. The van der Waals surface area contributed by atoms with Gasteiger partial charge in [-0.1, -0.05) is 99.0 Å². The summed E-state index contributed by atoms with van der Waals surface area (Å²) in [6, 6.07) is 16.5. The molecule has 0 saturated carbocycles. The van der Waals surface area contributed by atoms with Crippen LogP contribution in [0.4, 0.5) is 0 Å². The molecule has 25 heteroatoms. The first-order valence-corrected chi connectivity index (χ1v) is 30.1. The molecular formula is C64H77N11O14. The van der Waals surface area contributed by atoms with E-state index in [4.69, 9.17) is 0 Å². The smallest absolute Gasteiger partial charge is 0.305 e. The Morgan fingerprint density at radius 2 is 1.06 bits per heavy atom. The lowest BCUT2D eigenvalue weighted by molar-refractivity contribution is -0.149. The van der Waals surface area contributed by atoms with Crippen LogP contribution in [0.2, 0.25) is 0 Å². The number of nitrogens with zero attached hydrogens (tertiary/aromatic N) is 3. The van der Waals surface area contributed by atoms with E-state index in [1.165, 1.54) is 53.2 Å². The maximum atomic E-state index is 14.9. The van der Waals surface area contributed by atoms with Gasteiger partial charge in [-0.05, 0) is 84.7 Å². The second-order valence-electron chi connectivity index (χ2n) is 22.8. The third-order valence-electron chi connectivity index (χ3n) is 16.4. The number of fused-ring (bicyclic) bond motifs is 3. The first kappa shape index (κ1) is 65.2. The molecule has 0 aliphatic carbocycles. The molecule has 0 unspecified atom stereocenters. The van der Waals surface area contributed by atoms with E-state index >= 15 is 0 Å². The Morgan fingerprint density at radius 1 is 0.528 bits per heavy atom. The van der Waals surface area contributed by atoms with Crippen molar-refractivity contribution < 1.29 is 68.1 Å². The third-order valence-corrected chi connectivity index (χ3v) is 16.4. The van der Waals surface area contributed by atoms with Crippen LogP contribution in [0.15, 0.2) is 109 Å². The van der Waals surface area contributed by atoms with Crippen molar-refractivity contribution >= 4 is 75.9 Å². The number of phenols is 2. The van der Waals surface area contributed by atoms with Crippen LogP contribution in [-0.2, 0) is 78.4 Å². The fraction of sp³-hybridized carbons (Fsp3) is 0.422. The topological polar surface area (TPSA) is 358 Å². The van der Waals surface area contributed by atoms with Crippen LogP contribution >= 0.6 is 0 Å². The van der Waals surface area contributed by atoms with E-state index in [9.17, 15) is 68.1 Å². The standard InChI is InChI=1S/C64H77N11O14/c1-3-4-6-17-46-58(83)70-49(33-41-35-65-45-16-10-9-15-44(41)45)57(82)66-36-54(78)68-47(30-39-20-24-42(76)25-21-39)59(84)72-50(34-56(80)81)63(88)75-29-12-19-52(75)64(89)74-28-11-18-51(74)61(86)67-37-55(79)73(2)53(32-38-13-7-5-8-14-38)62(87)71-48(60(85)69-46)31-40-22-26-43(77)27-23-40/h5,7-10,13-16,20-27,35,46-53,65,76-77H,3-4,6,11-12,17-19,28-34,36-37H2,1-2H3,(H,66,82)(H,67,86)(H,68,78)(H,69,85)(H,70,83)(H,71,87)(H,72,84)(H,80,81)/t46-,47-,48-,49-,50-,51-,52+,53-/m0/s1. The molecule has 25 nitrogen and oxygen atoms in total. The number of rotatable bonds is 14. The molecule has 5 aromatic rings. The highest BCUT2D eigenvalue weighted by molar-refractivity contribution is 6.00. The molecule has 3 aliphatic rings. The van der Waals surface area contributed by atoms with Crippen molar-refractivity contribution in [3.8, 4) is 11.5 Å². The lowest BCUT2D eigenvalue weighted by atomic mass is 10.00. The highest BCUT2D eigenvalue weighted by Crippen LogP contribution is 2.27. The van der Waals surface area contributed by atoms with Crippen molar-refractivity contribution in [2.75, 3.05) is 33.2 Å². The van der Waals surface area contributed by atoms with Gasteiger partial charge in [-0.25, -0.2) is 0 Å². The number of aromatic amines is 1. The minimum Gasteiger partial charge on any atom is -0.508 e. The summed E-state index contributed by atoms with van der Waals surface area (Å²) in [6.45, 7) is 0.635. The first-order valence-electron chi connectivity index (χ1n) is 30.1. The molecule has 3 fully saturated rings. The summed E-state index contributed by atoms with van der Waals surface area (Å²) in [5, 5.41) is 49.8. The molecule has 89 heavy (non-hydrogen) atoms. The number of carboxylic acids is 1. The van der Waals surface area contributed by atoms with E-state index in [1.54, 1.807) is 54.7 Å². The average Bonchev–Trinajstić information content (AvgIpc) is 2.19. The summed E-state index contributed by atoms with van der Waals surface area (Å²) in [5.41, 5.74) is 2.88. The number of aromatic hydroxyl groups is 2. The maximum absolute atomic E-state index is 14.9. The molecule has 0 bridgehead atoms. The number of aromatic nitrogens is 1. The summed E-state index contributed by atoms with van der Waals surface area (Å²) >= 11 is 0. The number of phenolic OH excluding ortho intramolecular Hbond substituents is 2. The van der Waals surface area contributed by atoms with Gasteiger partial charge in [0.05, 0.1) is 19.5 Å². The molecule has 0 radical (unpaired) electrons. The molecular weight excluding hydrogens is 1150 g/mol. The van der Waals surface area contributed by atoms with Crippen molar-refractivity contribution in [2.24, 2.45) is 0 Å². The molecule has 1 aromatic heterocycles. The number of benzene rings is 4. The predicted molar refractivity (Wildman–Crippen MR) is 324 cm³/mol. The minimum atomic E-state index is -1.77. The van der Waals surface area contributed by atoms with Crippen molar-refractivity contribution in [1.29, 1.82) is 0 Å². The van der Waals surface area contributed by atoms with Gasteiger partial charge in [0.1, 0.15) is 59.8 Å². The van der Waals surface area contributed by atoms with Gasteiger partial charge in [0.2, 0.25) is 59.1 Å². The van der Waals surface area contributed by atoms with Crippen LogP contribution in [0.3, 0.4) is 0 Å².